The highest BCUT2D eigenvalue weighted by atomic mass is 16.5. The summed E-state index contributed by atoms with van der Waals surface area (Å²) < 4.78 is 15.6. The minimum atomic E-state index is -0.00442. The van der Waals surface area contributed by atoms with Crippen LogP contribution in [0.5, 0.6) is 0 Å². The van der Waals surface area contributed by atoms with Crippen LogP contribution in [0.2, 0.25) is 0 Å². The molecule has 0 aromatic carbocycles. The summed E-state index contributed by atoms with van der Waals surface area (Å²) in [5.41, 5.74) is 5.45. The Kier molecular flexibility index (Phi) is 9.80. The summed E-state index contributed by atoms with van der Waals surface area (Å²) in [5.74, 6) is 0. The third-order valence-corrected chi connectivity index (χ3v) is 1.55. The Labute approximate surface area is 80.3 Å². The fourth-order valence-electron chi connectivity index (χ4n) is 0.890. The van der Waals surface area contributed by atoms with Gasteiger partial charge in [0.2, 0.25) is 0 Å². The molecule has 0 rings (SSSR count). The first-order valence-electron chi connectivity index (χ1n) is 4.73. The molecule has 0 aromatic rings. The van der Waals surface area contributed by atoms with E-state index < -0.39 is 0 Å². The van der Waals surface area contributed by atoms with Gasteiger partial charge in [-0.05, 0) is 6.42 Å². The lowest BCUT2D eigenvalue weighted by atomic mass is 10.4. The van der Waals surface area contributed by atoms with Crippen molar-refractivity contribution < 1.29 is 14.2 Å². The molecule has 0 aliphatic carbocycles. The average molecular weight is 191 g/mol. The molecule has 4 nitrogen and oxygen atoms in total. The van der Waals surface area contributed by atoms with Crippen LogP contribution in [-0.4, -0.2) is 46.2 Å². The molecule has 2 N–H and O–H groups in total. The van der Waals surface area contributed by atoms with Crippen LogP contribution < -0.4 is 5.73 Å². The van der Waals surface area contributed by atoms with Gasteiger partial charge in [0.25, 0.3) is 0 Å². The third-order valence-electron chi connectivity index (χ3n) is 1.55. The first-order chi connectivity index (χ1) is 6.35. The average Bonchev–Trinajstić information content (AvgIpc) is 2.16. The van der Waals surface area contributed by atoms with Crippen molar-refractivity contribution in [3.05, 3.63) is 0 Å². The van der Waals surface area contributed by atoms with Crippen molar-refractivity contribution in [2.24, 2.45) is 5.73 Å². The maximum atomic E-state index is 5.45. The molecular weight excluding hydrogens is 170 g/mol. The van der Waals surface area contributed by atoms with Crippen molar-refractivity contribution in [2.45, 2.75) is 19.4 Å². The highest BCUT2D eigenvalue weighted by Gasteiger charge is 2.04. The van der Waals surface area contributed by atoms with E-state index in [0.29, 0.717) is 26.4 Å². The van der Waals surface area contributed by atoms with E-state index in [-0.39, 0.29) is 6.10 Å². The van der Waals surface area contributed by atoms with E-state index in [9.17, 15) is 0 Å². The first kappa shape index (κ1) is 12.8. The third kappa shape index (κ3) is 8.18. The molecule has 13 heavy (non-hydrogen) atoms. The number of rotatable bonds is 9. The van der Waals surface area contributed by atoms with E-state index in [0.717, 1.165) is 13.0 Å². The van der Waals surface area contributed by atoms with Gasteiger partial charge in [0.05, 0.1) is 25.9 Å². The lowest BCUT2D eigenvalue weighted by Crippen LogP contribution is -2.29. The number of hydrogen-bond acceptors (Lipinski definition) is 4. The van der Waals surface area contributed by atoms with Crippen molar-refractivity contribution in [3.63, 3.8) is 0 Å². The van der Waals surface area contributed by atoms with E-state index in [4.69, 9.17) is 19.9 Å². The monoisotopic (exact) mass is 191 g/mol. The maximum absolute atomic E-state index is 5.45. The van der Waals surface area contributed by atoms with Crippen LogP contribution in [0.15, 0.2) is 0 Å². The minimum Gasteiger partial charge on any atom is -0.382 e. The number of methoxy groups -OCH3 is 1. The van der Waals surface area contributed by atoms with Crippen LogP contribution in [0.3, 0.4) is 0 Å². The van der Waals surface area contributed by atoms with Gasteiger partial charge in [-0.25, -0.2) is 0 Å². The second-order valence-electron chi connectivity index (χ2n) is 2.80. The molecule has 80 valence electrons. The van der Waals surface area contributed by atoms with E-state index >= 15 is 0 Å². The van der Waals surface area contributed by atoms with Crippen LogP contribution in [0.25, 0.3) is 0 Å². The van der Waals surface area contributed by atoms with Gasteiger partial charge in [-0.3, -0.25) is 0 Å². The van der Waals surface area contributed by atoms with Crippen molar-refractivity contribution in [1.29, 1.82) is 0 Å². The Hall–Kier alpha value is -0.160. The van der Waals surface area contributed by atoms with Crippen LogP contribution in [-0.2, 0) is 14.2 Å². The molecule has 0 radical (unpaired) electrons. The van der Waals surface area contributed by atoms with Gasteiger partial charge in [0, 0.05) is 20.3 Å². The Morgan fingerprint density at radius 2 is 2.00 bits per heavy atom. The van der Waals surface area contributed by atoms with Crippen molar-refractivity contribution >= 4 is 0 Å². The van der Waals surface area contributed by atoms with E-state index in [2.05, 4.69) is 6.92 Å². The number of nitrogens with two attached hydrogens (primary N) is 1. The summed E-state index contributed by atoms with van der Waals surface area (Å²) in [6, 6.07) is 0. The van der Waals surface area contributed by atoms with Crippen molar-refractivity contribution in [2.75, 3.05) is 40.1 Å². The Morgan fingerprint density at radius 3 is 2.54 bits per heavy atom. The molecule has 0 fully saturated rings. The number of ether oxygens (including phenoxy) is 3. The fraction of sp³-hybridized carbons (Fsp3) is 1.00. The van der Waals surface area contributed by atoms with E-state index in [1.165, 1.54) is 0 Å². The van der Waals surface area contributed by atoms with Crippen LogP contribution in [0.1, 0.15) is 13.3 Å². The molecule has 0 aromatic heterocycles. The molecule has 0 aliphatic heterocycles. The van der Waals surface area contributed by atoms with Crippen LogP contribution in [0, 0.1) is 0 Å². The SMILES string of the molecule is CCCOCCOC(CN)COC. The highest BCUT2D eigenvalue weighted by molar-refractivity contribution is 4.55. The van der Waals surface area contributed by atoms with Gasteiger partial charge in [-0.15, -0.1) is 0 Å². The molecule has 1 atom stereocenters. The molecule has 0 aliphatic rings. The Balaban J connectivity index is 3.17. The zero-order chi connectivity index (χ0) is 9.94. The molecule has 0 saturated heterocycles. The Bertz CT molecular complexity index is 101. The summed E-state index contributed by atoms with van der Waals surface area (Å²) >= 11 is 0. The van der Waals surface area contributed by atoms with E-state index in [1.54, 1.807) is 7.11 Å². The second-order valence-corrected chi connectivity index (χ2v) is 2.80. The molecular formula is C9H21NO3. The van der Waals surface area contributed by atoms with Crippen molar-refractivity contribution in [1.82, 2.24) is 0 Å². The highest BCUT2D eigenvalue weighted by Crippen LogP contribution is 1.91. The molecule has 0 saturated carbocycles. The minimum absolute atomic E-state index is 0.00442. The van der Waals surface area contributed by atoms with Crippen LogP contribution >= 0.6 is 0 Å². The normalized spacial score (nSPS) is 13.2. The van der Waals surface area contributed by atoms with Gasteiger partial charge in [0.15, 0.2) is 0 Å². The Morgan fingerprint density at radius 1 is 1.23 bits per heavy atom. The molecule has 0 amide bonds. The van der Waals surface area contributed by atoms with Gasteiger partial charge < -0.3 is 19.9 Å². The smallest absolute Gasteiger partial charge is 0.0931 e. The summed E-state index contributed by atoms with van der Waals surface area (Å²) in [6.45, 7) is 5.13. The van der Waals surface area contributed by atoms with E-state index in [1.807, 2.05) is 0 Å². The predicted molar refractivity (Wildman–Crippen MR) is 51.8 cm³/mol. The van der Waals surface area contributed by atoms with Crippen molar-refractivity contribution in [3.8, 4) is 0 Å². The topological polar surface area (TPSA) is 53.7 Å². The first-order valence-corrected chi connectivity index (χ1v) is 4.73. The second kappa shape index (κ2) is 9.92. The van der Waals surface area contributed by atoms with Crippen LogP contribution in [0.4, 0.5) is 0 Å². The molecule has 0 heterocycles. The quantitative estimate of drug-likeness (QED) is 0.536. The molecule has 1 unspecified atom stereocenters. The lowest BCUT2D eigenvalue weighted by Gasteiger charge is -2.14. The largest absolute Gasteiger partial charge is 0.382 e. The van der Waals surface area contributed by atoms with Gasteiger partial charge in [-0.2, -0.15) is 0 Å². The van der Waals surface area contributed by atoms with Gasteiger partial charge in [-0.1, -0.05) is 6.92 Å². The maximum Gasteiger partial charge on any atom is 0.0931 e. The molecule has 0 spiro atoms. The molecule has 0 bridgehead atoms. The standard InChI is InChI=1S/C9H21NO3/c1-3-4-12-5-6-13-9(7-10)8-11-2/h9H,3-8,10H2,1-2H3. The van der Waals surface area contributed by atoms with Gasteiger partial charge in [0.1, 0.15) is 0 Å². The summed E-state index contributed by atoms with van der Waals surface area (Å²) in [6.07, 6.45) is 1.04. The lowest BCUT2D eigenvalue weighted by molar-refractivity contribution is -0.0238. The van der Waals surface area contributed by atoms with Gasteiger partial charge >= 0.3 is 0 Å². The predicted octanol–water partition coefficient (Wildman–Crippen LogP) is 0.403. The zero-order valence-corrected chi connectivity index (χ0v) is 8.62. The number of hydrogen-bond donors (Lipinski definition) is 1. The fourth-order valence-corrected chi connectivity index (χ4v) is 0.890. The summed E-state index contributed by atoms with van der Waals surface area (Å²) in [7, 11) is 1.64. The molecule has 4 heteroatoms. The summed E-state index contributed by atoms with van der Waals surface area (Å²) in [4.78, 5) is 0. The zero-order valence-electron chi connectivity index (χ0n) is 8.62. The summed E-state index contributed by atoms with van der Waals surface area (Å²) in [5, 5.41) is 0.